The van der Waals surface area contributed by atoms with Crippen LogP contribution in [0, 0.1) is 11.8 Å². The van der Waals surface area contributed by atoms with Gasteiger partial charge in [0, 0.05) is 6.42 Å². The summed E-state index contributed by atoms with van der Waals surface area (Å²) in [4.78, 5) is 10.3. The molecule has 0 aromatic rings. The Morgan fingerprint density at radius 1 is 1.64 bits per heavy atom. The lowest BCUT2D eigenvalue weighted by molar-refractivity contribution is -0.138. The monoisotopic (exact) mass is 157 g/mol. The molecule has 1 fully saturated rings. The van der Waals surface area contributed by atoms with Crippen molar-refractivity contribution in [3.8, 4) is 0 Å². The van der Waals surface area contributed by atoms with Gasteiger partial charge in [-0.15, -0.1) is 0 Å². The molecule has 1 heterocycles. The summed E-state index contributed by atoms with van der Waals surface area (Å²) in [5, 5.41) is 11.8. The van der Waals surface area contributed by atoms with Crippen molar-refractivity contribution in [2.45, 2.75) is 19.8 Å². The summed E-state index contributed by atoms with van der Waals surface area (Å²) < 4.78 is 0. The number of carboxylic acids is 1. The Kier molecular flexibility index (Phi) is 2.88. The number of piperidine rings is 1. The largest absolute Gasteiger partial charge is 0.481 e. The second-order valence-corrected chi connectivity index (χ2v) is 3.46. The first-order valence-electron chi connectivity index (χ1n) is 4.11. The quantitative estimate of drug-likeness (QED) is 0.620. The highest BCUT2D eigenvalue weighted by Crippen LogP contribution is 2.18. The van der Waals surface area contributed by atoms with Gasteiger partial charge in [-0.3, -0.25) is 4.79 Å². The maximum absolute atomic E-state index is 10.3. The van der Waals surface area contributed by atoms with E-state index in [2.05, 4.69) is 12.2 Å². The fourth-order valence-corrected chi connectivity index (χ4v) is 1.67. The SMILES string of the molecule is C[C@H]1CNC[C@@H](CC(=O)O)C1. The van der Waals surface area contributed by atoms with Crippen LogP contribution in [-0.4, -0.2) is 24.2 Å². The van der Waals surface area contributed by atoms with Gasteiger partial charge in [-0.05, 0) is 31.3 Å². The van der Waals surface area contributed by atoms with E-state index in [9.17, 15) is 4.79 Å². The van der Waals surface area contributed by atoms with Gasteiger partial charge in [-0.25, -0.2) is 0 Å². The summed E-state index contributed by atoms with van der Waals surface area (Å²) >= 11 is 0. The Hall–Kier alpha value is -0.570. The summed E-state index contributed by atoms with van der Waals surface area (Å²) in [6, 6.07) is 0. The molecular formula is C8H15NO2. The zero-order valence-electron chi connectivity index (χ0n) is 6.84. The van der Waals surface area contributed by atoms with E-state index in [1.807, 2.05) is 0 Å². The average Bonchev–Trinajstić information content (AvgIpc) is 1.85. The van der Waals surface area contributed by atoms with E-state index < -0.39 is 5.97 Å². The van der Waals surface area contributed by atoms with Gasteiger partial charge in [0.1, 0.15) is 0 Å². The van der Waals surface area contributed by atoms with Gasteiger partial charge in [0.05, 0.1) is 0 Å². The van der Waals surface area contributed by atoms with Crippen LogP contribution in [0.15, 0.2) is 0 Å². The Labute approximate surface area is 66.8 Å². The van der Waals surface area contributed by atoms with Crippen LogP contribution in [-0.2, 0) is 4.79 Å². The Bertz CT molecular complexity index is 147. The standard InChI is InChI=1S/C8H15NO2/c1-6-2-7(3-8(10)11)5-9-4-6/h6-7,9H,2-5H2,1H3,(H,10,11)/t6-,7-/m1/s1. The highest BCUT2D eigenvalue weighted by atomic mass is 16.4. The smallest absolute Gasteiger partial charge is 0.303 e. The van der Waals surface area contributed by atoms with Crippen molar-refractivity contribution < 1.29 is 9.90 Å². The topological polar surface area (TPSA) is 49.3 Å². The highest BCUT2D eigenvalue weighted by molar-refractivity contribution is 5.67. The zero-order valence-corrected chi connectivity index (χ0v) is 6.84. The molecule has 0 amide bonds. The fourth-order valence-electron chi connectivity index (χ4n) is 1.67. The molecule has 0 bridgehead atoms. The number of carboxylic acid groups (broad SMARTS) is 1. The average molecular weight is 157 g/mol. The van der Waals surface area contributed by atoms with Gasteiger partial charge >= 0.3 is 5.97 Å². The van der Waals surface area contributed by atoms with Crippen molar-refractivity contribution in [3.05, 3.63) is 0 Å². The van der Waals surface area contributed by atoms with Crippen LogP contribution in [0.1, 0.15) is 19.8 Å². The molecule has 1 rings (SSSR count). The molecule has 0 aromatic carbocycles. The van der Waals surface area contributed by atoms with Gasteiger partial charge in [0.15, 0.2) is 0 Å². The minimum Gasteiger partial charge on any atom is -0.481 e. The molecule has 0 saturated carbocycles. The number of rotatable bonds is 2. The van der Waals surface area contributed by atoms with E-state index in [1.165, 1.54) is 0 Å². The van der Waals surface area contributed by atoms with Gasteiger partial charge < -0.3 is 10.4 Å². The molecule has 0 radical (unpaired) electrons. The van der Waals surface area contributed by atoms with Crippen molar-refractivity contribution in [1.29, 1.82) is 0 Å². The predicted molar refractivity (Wildman–Crippen MR) is 42.4 cm³/mol. The lowest BCUT2D eigenvalue weighted by Crippen LogP contribution is -2.35. The van der Waals surface area contributed by atoms with E-state index in [4.69, 9.17) is 5.11 Å². The Morgan fingerprint density at radius 3 is 2.91 bits per heavy atom. The predicted octanol–water partition coefficient (Wildman–Crippen LogP) is 0.707. The molecule has 11 heavy (non-hydrogen) atoms. The van der Waals surface area contributed by atoms with Crippen molar-refractivity contribution >= 4 is 5.97 Å². The lowest BCUT2D eigenvalue weighted by Gasteiger charge is -2.26. The maximum atomic E-state index is 10.3. The van der Waals surface area contributed by atoms with Crippen LogP contribution < -0.4 is 5.32 Å². The molecule has 0 aliphatic carbocycles. The van der Waals surface area contributed by atoms with Crippen molar-refractivity contribution in [2.24, 2.45) is 11.8 Å². The van der Waals surface area contributed by atoms with Gasteiger partial charge in [0.2, 0.25) is 0 Å². The summed E-state index contributed by atoms with van der Waals surface area (Å²) in [6.07, 6.45) is 1.37. The van der Waals surface area contributed by atoms with E-state index in [0.29, 0.717) is 18.3 Å². The summed E-state index contributed by atoms with van der Waals surface area (Å²) in [7, 11) is 0. The molecule has 1 aliphatic rings. The number of hydrogen-bond acceptors (Lipinski definition) is 2. The second-order valence-electron chi connectivity index (χ2n) is 3.46. The van der Waals surface area contributed by atoms with Crippen LogP contribution in [0.25, 0.3) is 0 Å². The summed E-state index contributed by atoms with van der Waals surface area (Å²) in [5.74, 6) is 0.301. The number of hydrogen-bond donors (Lipinski definition) is 2. The zero-order chi connectivity index (χ0) is 8.27. The molecule has 2 atom stereocenters. The molecule has 3 nitrogen and oxygen atoms in total. The van der Waals surface area contributed by atoms with Crippen LogP contribution >= 0.6 is 0 Å². The highest BCUT2D eigenvalue weighted by Gasteiger charge is 2.20. The van der Waals surface area contributed by atoms with Crippen molar-refractivity contribution in [3.63, 3.8) is 0 Å². The molecule has 2 N–H and O–H groups in total. The van der Waals surface area contributed by atoms with Crippen molar-refractivity contribution in [1.82, 2.24) is 5.32 Å². The van der Waals surface area contributed by atoms with E-state index in [-0.39, 0.29) is 0 Å². The molecule has 0 unspecified atom stereocenters. The van der Waals surface area contributed by atoms with Crippen molar-refractivity contribution in [2.75, 3.05) is 13.1 Å². The number of nitrogens with one attached hydrogen (secondary N) is 1. The first kappa shape index (κ1) is 8.53. The molecule has 0 spiro atoms. The van der Waals surface area contributed by atoms with Crippen LogP contribution in [0.2, 0.25) is 0 Å². The number of aliphatic carboxylic acids is 1. The van der Waals surface area contributed by atoms with Crippen LogP contribution in [0.5, 0.6) is 0 Å². The lowest BCUT2D eigenvalue weighted by atomic mass is 9.90. The van der Waals surface area contributed by atoms with Crippen LogP contribution in [0.4, 0.5) is 0 Å². The Morgan fingerprint density at radius 2 is 2.36 bits per heavy atom. The summed E-state index contributed by atoms with van der Waals surface area (Å²) in [6.45, 7) is 4.06. The molecule has 0 aromatic heterocycles. The molecular weight excluding hydrogens is 142 g/mol. The number of carbonyl (C=O) groups is 1. The first-order chi connectivity index (χ1) is 5.18. The molecule has 1 saturated heterocycles. The van der Waals surface area contributed by atoms with Gasteiger partial charge in [-0.1, -0.05) is 6.92 Å². The maximum Gasteiger partial charge on any atom is 0.303 e. The third kappa shape index (κ3) is 2.89. The fraction of sp³-hybridized carbons (Fsp3) is 0.875. The molecule has 1 aliphatic heterocycles. The third-order valence-electron chi connectivity index (χ3n) is 2.12. The minimum atomic E-state index is -0.675. The first-order valence-corrected chi connectivity index (χ1v) is 4.11. The Balaban J connectivity index is 2.28. The van der Waals surface area contributed by atoms with Crippen LogP contribution in [0.3, 0.4) is 0 Å². The van der Waals surface area contributed by atoms with Gasteiger partial charge in [0.25, 0.3) is 0 Å². The summed E-state index contributed by atoms with van der Waals surface area (Å²) in [5.41, 5.74) is 0. The normalized spacial score (nSPS) is 31.7. The van der Waals surface area contributed by atoms with E-state index in [0.717, 1.165) is 19.5 Å². The van der Waals surface area contributed by atoms with E-state index in [1.54, 1.807) is 0 Å². The molecule has 3 heteroatoms. The third-order valence-corrected chi connectivity index (χ3v) is 2.12. The second kappa shape index (κ2) is 3.72. The molecule has 64 valence electrons. The van der Waals surface area contributed by atoms with Gasteiger partial charge in [-0.2, -0.15) is 0 Å². The van der Waals surface area contributed by atoms with E-state index >= 15 is 0 Å². The minimum absolute atomic E-state index is 0.317.